The molecule has 2 aliphatic heterocycles. The lowest BCUT2D eigenvalue weighted by atomic mass is 9.96. The van der Waals surface area contributed by atoms with E-state index >= 15 is 0 Å². The Labute approximate surface area is 128 Å². The highest BCUT2D eigenvalue weighted by Crippen LogP contribution is 2.23. The maximum absolute atomic E-state index is 5.72. The fraction of sp³-hybridized carbons (Fsp3) is 0.938. The first-order valence-corrected chi connectivity index (χ1v) is 8.87. The van der Waals surface area contributed by atoms with E-state index in [0.717, 1.165) is 25.0 Å². The van der Waals surface area contributed by atoms with Crippen LogP contribution in [0.25, 0.3) is 0 Å². The van der Waals surface area contributed by atoms with Gasteiger partial charge in [0.05, 0.1) is 6.04 Å². The number of rotatable bonds is 3. The van der Waals surface area contributed by atoms with Gasteiger partial charge in [0.2, 0.25) is 5.96 Å². The molecule has 0 spiro atoms. The lowest BCUT2D eigenvalue weighted by Gasteiger charge is -2.35. The van der Waals surface area contributed by atoms with Crippen LogP contribution in [0.1, 0.15) is 51.4 Å². The van der Waals surface area contributed by atoms with Crippen LogP contribution < -0.4 is 11.3 Å². The van der Waals surface area contributed by atoms with Crippen LogP contribution in [0.3, 0.4) is 0 Å². The molecule has 3 N–H and O–H groups in total. The minimum absolute atomic E-state index is 0.498. The Hall–Kier alpha value is -0.810. The summed E-state index contributed by atoms with van der Waals surface area (Å²) >= 11 is 0. The SMILES string of the molecule is NNC(=NC1CCCC1)N1CCC(CN2CCCC2)CC1. The number of guanidine groups is 1. The van der Waals surface area contributed by atoms with Gasteiger partial charge in [-0.25, -0.2) is 10.8 Å². The van der Waals surface area contributed by atoms with Crippen molar-refractivity contribution in [2.75, 3.05) is 32.7 Å². The number of nitrogens with two attached hydrogens (primary N) is 1. The molecule has 2 heterocycles. The molecular formula is C16H31N5. The zero-order chi connectivity index (χ0) is 14.5. The third kappa shape index (κ3) is 4.10. The number of aliphatic imine (C=N–C) groups is 1. The molecule has 0 unspecified atom stereocenters. The molecule has 0 aromatic rings. The summed E-state index contributed by atoms with van der Waals surface area (Å²) < 4.78 is 0. The van der Waals surface area contributed by atoms with Crippen LogP contribution in [0, 0.1) is 5.92 Å². The Morgan fingerprint density at radius 2 is 1.62 bits per heavy atom. The van der Waals surface area contributed by atoms with Crippen molar-refractivity contribution in [3.8, 4) is 0 Å². The molecule has 1 aliphatic carbocycles. The second-order valence-corrected chi connectivity index (χ2v) is 6.97. The van der Waals surface area contributed by atoms with Crippen LogP contribution >= 0.6 is 0 Å². The van der Waals surface area contributed by atoms with Gasteiger partial charge in [-0.15, -0.1) is 0 Å². The van der Waals surface area contributed by atoms with Crippen molar-refractivity contribution in [3.63, 3.8) is 0 Å². The van der Waals surface area contributed by atoms with Gasteiger partial charge in [-0.05, 0) is 57.5 Å². The maximum atomic E-state index is 5.72. The minimum atomic E-state index is 0.498. The number of nitrogens with zero attached hydrogens (tertiary/aromatic N) is 3. The fourth-order valence-electron chi connectivity index (χ4n) is 4.07. The fourth-order valence-corrected chi connectivity index (χ4v) is 4.07. The van der Waals surface area contributed by atoms with Crippen LogP contribution in [0.15, 0.2) is 4.99 Å². The van der Waals surface area contributed by atoms with Gasteiger partial charge in [-0.3, -0.25) is 5.43 Å². The average molecular weight is 293 g/mol. The van der Waals surface area contributed by atoms with Crippen LogP contribution in [0.4, 0.5) is 0 Å². The van der Waals surface area contributed by atoms with Crippen molar-refractivity contribution >= 4 is 5.96 Å². The number of likely N-dealkylation sites (tertiary alicyclic amines) is 2. The molecule has 3 rings (SSSR count). The first-order chi connectivity index (χ1) is 10.3. The zero-order valence-corrected chi connectivity index (χ0v) is 13.3. The third-order valence-corrected chi connectivity index (χ3v) is 5.39. The van der Waals surface area contributed by atoms with Crippen molar-refractivity contribution < 1.29 is 0 Å². The van der Waals surface area contributed by atoms with Crippen molar-refractivity contribution in [2.45, 2.75) is 57.4 Å². The van der Waals surface area contributed by atoms with E-state index in [1.54, 1.807) is 0 Å². The van der Waals surface area contributed by atoms with Gasteiger partial charge < -0.3 is 9.80 Å². The topological polar surface area (TPSA) is 56.9 Å². The monoisotopic (exact) mass is 293 g/mol. The largest absolute Gasteiger partial charge is 0.342 e. The molecule has 3 aliphatic rings. The summed E-state index contributed by atoms with van der Waals surface area (Å²) in [5, 5.41) is 0. The average Bonchev–Trinajstić information content (AvgIpc) is 3.19. The Bertz CT molecular complexity index is 337. The number of hydrogen-bond acceptors (Lipinski definition) is 3. The van der Waals surface area contributed by atoms with Gasteiger partial charge in [-0.1, -0.05) is 12.8 Å². The molecular weight excluding hydrogens is 262 g/mol. The van der Waals surface area contributed by atoms with Gasteiger partial charge in [0.25, 0.3) is 0 Å². The second-order valence-electron chi connectivity index (χ2n) is 6.97. The molecule has 0 amide bonds. The molecule has 0 atom stereocenters. The van der Waals surface area contributed by atoms with Crippen molar-refractivity contribution in [1.82, 2.24) is 15.2 Å². The highest BCUT2D eigenvalue weighted by atomic mass is 15.4. The third-order valence-electron chi connectivity index (χ3n) is 5.39. The summed E-state index contributed by atoms with van der Waals surface area (Å²) in [6.45, 7) is 6.15. The summed E-state index contributed by atoms with van der Waals surface area (Å²) in [5.74, 6) is 7.52. The van der Waals surface area contributed by atoms with Crippen LogP contribution in [-0.4, -0.2) is 54.5 Å². The lowest BCUT2D eigenvalue weighted by Crippen LogP contribution is -2.49. The summed E-state index contributed by atoms with van der Waals surface area (Å²) in [4.78, 5) is 9.85. The second kappa shape index (κ2) is 7.45. The van der Waals surface area contributed by atoms with E-state index in [4.69, 9.17) is 10.8 Å². The summed E-state index contributed by atoms with van der Waals surface area (Å²) in [5.41, 5.74) is 2.85. The minimum Gasteiger partial charge on any atom is -0.342 e. The molecule has 0 radical (unpaired) electrons. The summed E-state index contributed by atoms with van der Waals surface area (Å²) in [6, 6.07) is 0.498. The van der Waals surface area contributed by atoms with Crippen molar-refractivity contribution in [2.24, 2.45) is 16.8 Å². The van der Waals surface area contributed by atoms with Gasteiger partial charge in [-0.2, -0.15) is 0 Å². The molecule has 5 heteroatoms. The van der Waals surface area contributed by atoms with E-state index in [0.29, 0.717) is 6.04 Å². The molecule has 5 nitrogen and oxygen atoms in total. The molecule has 2 saturated heterocycles. The Balaban J connectivity index is 1.46. The predicted molar refractivity (Wildman–Crippen MR) is 87.0 cm³/mol. The number of piperidine rings is 1. The van der Waals surface area contributed by atoms with E-state index < -0.39 is 0 Å². The van der Waals surface area contributed by atoms with Crippen LogP contribution in [-0.2, 0) is 0 Å². The van der Waals surface area contributed by atoms with Crippen LogP contribution in [0.2, 0.25) is 0 Å². The smallest absolute Gasteiger partial charge is 0.208 e. The standard InChI is InChI=1S/C16H31N5/c17-19-16(18-15-5-1-2-6-15)21-11-7-14(8-12-21)13-20-9-3-4-10-20/h14-15H,1-13,17H2,(H,18,19). The van der Waals surface area contributed by atoms with Gasteiger partial charge in [0, 0.05) is 19.6 Å². The van der Waals surface area contributed by atoms with Gasteiger partial charge >= 0.3 is 0 Å². The van der Waals surface area contributed by atoms with Gasteiger partial charge in [0.1, 0.15) is 0 Å². The highest BCUT2D eigenvalue weighted by Gasteiger charge is 2.25. The lowest BCUT2D eigenvalue weighted by molar-refractivity contribution is 0.198. The first-order valence-electron chi connectivity index (χ1n) is 8.87. The normalized spacial score (nSPS) is 26.7. The zero-order valence-electron chi connectivity index (χ0n) is 13.3. The molecule has 120 valence electrons. The molecule has 0 bridgehead atoms. The molecule has 21 heavy (non-hydrogen) atoms. The van der Waals surface area contributed by atoms with E-state index in [1.807, 2.05) is 0 Å². The van der Waals surface area contributed by atoms with Gasteiger partial charge in [0.15, 0.2) is 0 Å². The van der Waals surface area contributed by atoms with Crippen molar-refractivity contribution in [1.29, 1.82) is 0 Å². The Morgan fingerprint density at radius 1 is 0.952 bits per heavy atom. The number of hydrogen-bond donors (Lipinski definition) is 2. The highest BCUT2D eigenvalue weighted by molar-refractivity contribution is 5.79. The molecule has 0 aromatic heterocycles. The van der Waals surface area contributed by atoms with E-state index in [2.05, 4.69) is 15.2 Å². The Kier molecular flexibility index (Phi) is 5.36. The summed E-state index contributed by atoms with van der Waals surface area (Å²) in [6.07, 6.45) is 10.5. The number of nitrogens with one attached hydrogen (secondary N) is 1. The first kappa shape index (κ1) is 15.1. The molecule has 3 fully saturated rings. The number of hydrazine groups is 1. The Morgan fingerprint density at radius 3 is 2.24 bits per heavy atom. The summed E-state index contributed by atoms with van der Waals surface area (Å²) in [7, 11) is 0. The van der Waals surface area contributed by atoms with E-state index in [-0.39, 0.29) is 0 Å². The van der Waals surface area contributed by atoms with E-state index in [9.17, 15) is 0 Å². The maximum Gasteiger partial charge on any atom is 0.208 e. The quantitative estimate of drug-likeness (QED) is 0.359. The molecule has 0 aromatic carbocycles. The predicted octanol–water partition coefficient (Wildman–Crippen LogP) is 1.56. The van der Waals surface area contributed by atoms with E-state index in [1.165, 1.54) is 71.0 Å². The molecule has 1 saturated carbocycles. The van der Waals surface area contributed by atoms with Crippen LogP contribution in [0.5, 0.6) is 0 Å². The van der Waals surface area contributed by atoms with Crippen molar-refractivity contribution in [3.05, 3.63) is 0 Å².